The number of hydrogen-bond donors (Lipinski definition) is 1. The van der Waals surface area contributed by atoms with Crippen molar-refractivity contribution >= 4 is 28.7 Å². The van der Waals surface area contributed by atoms with Crippen LogP contribution in [0.1, 0.15) is 23.4 Å². The van der Waals surface area contributed by atoms with Crippen LogP contribution in [0, 0.1) is 0 Å². The molecule has 144 valence electrons. The minimum absolute atomic E-state index is 0.181. The summed E-state index contributed by atoms with van der Waals surface area (Å²) in [7, 11) is 0. The lowest BCUT2D eigenvalue weighted by Crippen LogP contribution is -1.97. The summed E-state index contributed by atoms with van der Waals surface area (Å²) in [6, 6.07) is 24.8. The average Bonchev–Trinajstić information content (AvgIpc) is 3.17. The Morgan fingerprint density at radius 3 is 2.41 bits per heavy atom. The Balaban J connectivity index is 1.54. The van der Waals surface area contributed by atoms with Crippen LogP contribution in [0.2, 0.25) is 0 Å². The molecule has 4 rings (SSSR count). The van der Waals surface area contributed by atoms with Crippen molar-refractivity contribution in [1.82, 2.24) is 4.98 Å². The standard InChI is InChI=1S/C24H19NO4/c26-23(27)15-19(24-25-21-8-4-5-9-22(21)29-24)14-17-10-12-20(13-11-17)28-16-18-6-2-1-3-7-18/h1-14H,15-16H2,(H,26,27)/b19-14-. The van der Waals surface area contributed by atoms with Crippen molar-refractivity contribution in [2.45, 2.75) is 13.0 Å². The van der Waals surface area contributed by atoms with Gasteiger partial charge in [0.1, 0.15) is 17.9 Å². The second-order valence-electron chi connectivity index (χ2n) is 6.57. The highest BCUT2D eigenvalue weighted by molar-refractivity contribution is 5.90. The van der Waals surface area contributed by atoms with E-state index in [-0.39, 0.29) is 6.42 Å². The molecule has 1 N–H and O–H groups in total. The summed E-state index contributed by atoms with van der Waals surface area (Å²) >= 11 is 0. The molecule has 5 heteroatoms. The van der Waals surface area contributed by atoms with Crippen molar-refractivity contribution in [3.05, 3.63) is 95.9 Å². The number of fused-ring (bicyclic) bond motifs is 1. The Morgan fingerprint density at radius 2 is 1.69 bits per heavy atom. The van der Waals surface area contributed by atoms with E-state index in [1.807, 2.05) is 78.9 Å². The quantitative estimate of drug-likeness (QED) is 0.460. The third-order valence-corrected chi connectivity index (χ3v) is 4.38. The summed E-state index contributed by atoms with van der Waals surface area (Å²) in [6.07, 6.45) is 1.60. The Bertz CT molecular complexity index is 1110. The Morgan fingerprint density at radius 1 is 0.966 bits per heavy atom. The normalized spacial score (nSPS) is 11.5. The van der Waals surface area contributed by atoms with Gasteiger partial charge in [0.15, 0.2) is 5.58 Å². The van der Waals surface area contributed by atoms with Gasteiger partial charge in [-0.1, -0.05) is 54.6 Å². The van der Waals surface area contributed by atoms with Crippen LogP contribution in [-0.2, 0) is 11.4 Å². The van der Waals surface area contributed by atoms with Crippen molar-refractivity contribution in [1.29, 1.82) is 0 Å². The molecular formula is C24H19NO4. The minimum Gasteiger partial charge on any atom is -0.489 e. The number of rotatable bonds is 7. The van der Waals surface area contributed by atoms with E-state index in [1.165, 1.54) is 0 Å². The van der Waals surface area contributed by atoms with Crippen LogP contribution in [-0.4, -0.2) is 16.1 Å². The highest BCUT2D eigenvalue weighted by Crippen LogP contribution is 2.26. The monoisotopic (exact) mass is 385 g/mol. The molecule has 0 saturated heterocycles. The maximum Gasteiger partial charge on any atom is 0.308 e. The highest BCUT2D eigenvalue weighted by atomic mass is 16.5. The van der Waals surface area contributed by atoms with Gasteiger partial charge in [0.25, 0.3) is 0 Å². The summed E-state index contributed by atoms with van der Waals surface area (Å²) in [5.41, 5.74) is 3.77. The van der Waals surface area contributed by atoms with Crippen LogP contribution in [0.25, 0.3) is 22.7 Å². The molecule has 0 bridgehead atoms. The van der Waals surface area contributed by atoms with Crippen molar-refractivity contribution in [2.75, 3.05) is 0 Å². The van der Waals surface area contributed by atoms with Gasteiger partial charge in [0.05, 0.1) is 6.42 Å². The minimum atomic E-state index is -0.943. The molecule has 0 amide bonds. The number of carboxylic acid groups (broad SMARTS) is 1. The fraction of sp³-hybridized carbons (Fsp3) is 0.0833. The number of ether oxygens (including phenoxy) is 1. The van der Waals surface area contributed by atoms with E-state index >= 15 is 0 Å². The first kappa shape index (κ1) is 18.5. The lowest BCUT2D eigenvalue weighted by atomic mass is 10.1. The zero-order valence-electron chi connectivity index (χ0n) is 15.6. The predicted molar refractivity (Wildman–Crippen MR) is 111 cm³/mol. The van der Waals surface area contributed by atoms with Crippen molar-refractivity contribution in [3.8, 4) is 5.75 Å². The SMILES string of the molecule is O=C(O)C/C(=C/c1ccc(OCc2ccccc2)cc1)c1nc2ccccc2o1. The lowest BCUT2D eigenvalue weighted by molar-refractivity contribution is -0.135. The van der Waals surface area contributed by atoms with Gasteiger partial charge < -0.3 is 14.3 Å². The van der Waals surface area contributed by atoms with E-state index in [0.717, 1.165) is 16.9 Å². The van der Waals surface area contributed by atoms with Gasteiger partial charge in [0.2, 0.25) is 5.89 Å². The zero-order valence-corrected chi connectivity index (χ0v) is 15.6. The van der Waals surface area contributed by atoms with Crippen LogP contribution in [0.4, 0.5) is 0 Å². The summed E-state index contributed by atoms with van der Waals surface area (Å²) in [6.45, 7) is 0.489. The van der Waals surface area contributed by atoms with Gasteiger partial charge in [-0.05, 0) is 41.5 Å². The van der Waals surface area contributed by atoms with Gasteiger partial charge in [-0.3, -0.25) is 4.79 Å². The molecule has 0 aliphatic rings. The second kappa shape index (κ2) is 8.44. The molecule has 0 fully saturated rings. The Kier molecular flexibility index (Phi) is 5.38. The third kappa shape index (κ3) is 4.71. The van der Waals surface area contributed by atoms with Gasteiger partial charge in [-0.25, -0.2) is 4.98 Å². The van der Waals surface area contributed by atoms with E-state index < -0.39 is 5.97 Å². The summed E-state index contributed by atoms with van der Waals surface area (Å²) in [5.74, 6) is 0.118. The fourth-order valence-corrected chi connectivity index (χ4v) is 2.96. The van der Waals surface area contributed by atoms with Gasteiger partial charge in [-0.2, -0.15) is 0 Å². The number of para-hydroxylation sites is 2. The number of benzene rings is 3. The van der Waals surface area contributed by atoms with Crippen molar-refractivity contribution in [2.24, 2.45) is 0 Å². The van der Waals surface area contributed by atoms with Crippen LogP contribution >= 0.6 is 0 Å². The van der Waals surface area contributed by atoms with E-state index in [4.69, 9.17) is 9.15 Å². The first-order valence-electron chi connectivity index (χ1n) is 9.22. The number of hydrogen-bond acceptors (Lipinski definition) is 4. The third-order valence-electron chi connectivity index (χ3n) is 4.38. The van der Waals surface area contributed by atoms with E-state index in [9.17, 15) is 9.90 Å². The molecule has 0 radical (unpaired) electrons. The molecular weight excluding hydrogens is 366 g/mol. The molecule has 1 aromatic heterocycles. The molecule has 0 unspecified atom stereocenters. The van der Waals surface area contributed by atoms with Crippen molar-refractivity contribution < 1.29 is 19.1 Å². The van der Waals surface area contributed by atoms with Gasteiger partial charge in [-0.15, -0.1) is 0 Å². The predicted octanol–water partition coefficient (Wildman–Crippen LogP) is 5.42. The number of nitrogens with zero attached hydrogens (tertiary/aromatic N) is 1. The second-order valence-corrected chi connectivity index (χ2v) is 6.57. The maximum atomic E-state index is 11.3. The number of oxazole rings is 1. The molecule has 3 aromatic carbocycles. The molecule has 0 aliphatic heterocycles. The van der Waals surface area contributed by atoms with E-state index in [0.29, 0.717) is 29.2 Å². The van der Waals surface area contributed by atoms with Crippen molar-refractivity contribution in [3.63, 3.8) is 0 Å². The van der Waals surface area contributed by atoms with Crippen LogP contribution < -0.4 is 4.74 Å². The highest BCUT2D eigenvalue weighted by Gasteiger charge is 2.14. The zero-order chi connectivity index (χ0) is 20.1. The van der Waals surface area contributed by atoms with Crippen LogP contribution in [0.5, 0.6) is 5.75 Å². The van der Waals surface area contributed by atoms with E-state index in [2.05, 4.69) is 4.98 Å². The van der Waals surface area contributed by atoms with Crippen LogP contribution in [0.15, 0.2) is 83.3 Å². The first-order valence-corrected chi connectivity index (χ1v) is 9.22. The maximum absolute atomic E-state index is 11.3. The molecule has 0 aliphatic carbocycles. The topological polar surface area (TPSA) is 72.6 Å². The average molecular weight is 385 g/mol. The summed E-state index contributed by atoms with van der Waals surface area (Å²) < 4.78 is 11.5. The molecule has 29 heavy (non-hydrogen) atoms. The number of aromatic nitrogens is 1. The molecule has 0 atom stereocenters. The molecule has 5 nitrogen and oxygen atoms in total. The lowest BCUT2D eigenvalue weighted by Gasteiger charge is -2.07. The van der Waals surface area contributed by atoms with E-state index in [1.54, 1.807) is 6.08 Å². The molecule has 1 heterocycles. The number of carbonyl (C=O) groups is 1. The molecule has 0 saturated carbocycles. The fourth-order valence-electron chi connectivity index (χ4n) is 2.96. The Labute approximate surface area is 167 Å². The summed E-state index contributed by atoms with van der Waals surface area (Å²) in [5, 5.41) is 9.29. The van der Waals surface area contributed by atoms with Gasteiger partial charge >= 0.3 is 5.97 Å². The number of carboxylic acids is 1. The summed E-state index contributed by atoms with van der Waals surface area (Å²) in [4.78, 5) is 15.8. The van der Waals surface area contributed by atoms with Gasteiger partial charge in [0, 0.05) is 5.57 Å². The van der Waals surface area contributed by atoms with Crippen LogP contribution in [0.3, 0.4) is 0 Å². The smallest absolute Gasteiger partial charge is 0.308 e. The first-order chi connectivity index (χ1) is 14.2. The number of aliphatic carboxylic acids is 1. The molecule has 4 aromatic rings. The largest absolute Gasteiger partial charge is 0.489 e. The Hall–Kier alpha value is -3.86. The molecule has 0 spiro atoms.